The SMILES string of the molecule is COCCOc1cccc(NCC(=O)Nc2ccc(OC(C)C)cc2)c1. The Labute approximate surface area is 154 Å². The van der Waals surface area contributed by atoms with Crippen molar-refractivity contribution in [3.05, 3.63) is 48.5 Å². The van der Waals surface area contributed by atoms with Gasteiger partial charge in [0, 0.05) is 24.6 Å². The summed E-state index contributed by atoms with van der Waals surface area (Å²) in [4.78, 5) is 12.1. The third-order valence-electron chi connectivity index (χ3n) is 3.35. The molecule has 0 atom stereocenters. The molecule has 2 aromatic rings. The molecule has 0 fully saturated rings. The Kier molecular flexibility index (Phi) is 7.76. The number of rotatable bonds is 10. The minimum absolute atomic E-state index is 0.119. The molecule has 0 aromatic heterocycles. The predicted octanol–water partition coefficient (Wildman–Crippen LogP) is 3.55. The molecule has 0 unspecified atom stereocenters. The zero-order chi connectivity index (χ0) is 18.8. The molecule has 0 bridgehead atoms. The molecular formula is C20H26N2O4. The lowest BCUT2D eigenvalue weighted by Crippen LogP contribution is -2.21. The number of carbonyl (C=O) groups excluding carboxylic acids is 1. The third-order valence-corrected chi connectivity index (χ3v) is 3.35. The van der Waals surface area contributed by atoms with Crippen molar-refractivity contribution < 1.29 is 19.0 Å². The van der Waals surface area contributed by atoms with Gasteiger partial charge in [-0.2, -0.15) is 0 Å². The third kappa shape index (κ3) is 7.03. The molecule has 0 saturated heterocycles. The van der Waals surface area contributed by atoms with E-state index in [0.717, 1.165) is 22.9 Å². The molecule has 1 amide bonds. The number of hydrogen-bond donors (Lipinski definition) is 2. The highest BCUT2D eigenvalue weighted by atomic mass is 16.5. The Morgan fingerprint density at radius 1 is 1.00 bits per heavy atom. The summed E-state index contributed by atoms with van der Waals surface area (Å²) in [5.74, 6) is 1.38. The Hall–Kier alpha value is -2.73. The van der Waals surface area contributed by atoms with Gasteiger partial charge in [-0.3, -0.25) is 4.79 Å². The second-order valence-electron chi connectivity index (χ2n) is 5.96. The van der Waals surface area contributed by atoms with Crippen LogP contribution >= 0.6 is 0 Å². The monoisotopic (exact) mass is 358 g/mol. The first kappa shape index (κ1) is 19.6. The largest absolute Gasteiger partial charge is 0.491 e. The van der Waals surface area contributed by atoms with Crippen molar-refractivity contribution in [2.24, 2.45) is 0 Å². The van der Waals surface area contributed by atoms with Gasteiger partial charge in [-0.25, -0.2) is 0 Å². The van der Waals surface area contributed by atoms with E-state index in [4.69, 9.17) is 14.2 Å². The maximum Gasteiger partial charge on any atom is 0.243 e. The average molecular weight is 358 g/mol. The topological polar surface area (TPSA) is 68.8 Å². The van der Waals surface area contributed by atoms with E-state index in [1.54, 1.807) is 7.11 Å². The van der Waals surface area contributed by atoms with Gasteiger partial charge in [0.05, 0.1) is 19.3 Å². The van der Waals surface area contributed by atoms with E-state index in [-0.39, 0.29) is 18.6 Å². The van der Waals surface area contributed by atoms with Gasteiger partial charge >= 0.3 is 0 Å². The van der Waals surface area contributed by atoms with E-state index in [0.29, 0.717) is 13.2 Å². The Morgan fingerprint density at radius 3 is 2.46 bits per heavy atom. The van der Waals surface area contributed by atoms with E-state index in [1.165, 1.54) is 0 Å². The molecule has 2 rings (SSSR count). The lowest BCUT2D eigenvalue weighted by molar-refractivity contribution is -0.114. The van der Waals surface area contributed by atoms with Crippen LogP contribution in [0.2, 0.25) is 0 Å². The number of hydrogen-bond acceptors (Lipinski definition) is 5. The van der Waals surface area contributed by atoms with Crippen LogP contribution in [0.5, 0.6) is 11.5 Å². The van der Waals surface area contributed by atoms with E-state index in [9.17, 15) is 4.79 Å². The fourth-order valence-electron chi connectivity index (χ4n) is 2.22. The van der Waals surface area contributed by atoms with Crippen LogP contribution in [0.15, 0.2) is 48.5 Å². The summed E-state index contributed by atoms with van der Waals surface area (Å²) in [6, 6.07) is 14.8. The van der Waals surface area contributed by atoms with Gasteiger partial charge in [0.1, 0.15) is 18.1 Å². The highest BCUT2D eigenvalue weighted by Gasteiger charge is 2.04. The number of ether oxygens (including phenoxy) is 3. The molecule has 6 nitrogen and oxygen atoms in total. The van der Waals surface area contributed by atoms with Gasteiger partial charge in [-0.05, 0) is 50.2 Å². The van der Waals surface area contributed by atoms with Crippen molar-refractivity contribution in [2.75, 3.05) is 37.5 Å². The molecule has 6 heteroatoms. The standard InChI is InChI=1S/C20H26N2O4/c1-15(2)26-18-9-7-16(8-10-18)22-20(23)14-21-17-5-4-6-19(13-17)25-12-11-24-3/h4-10,13,15,21H,11-12,14H2,1-3H3,(H,22,23). The maximum atomic E-state index is 12.1. The molecule has 0 spiro atoms. The number of benzene rings is 2. The molecule has 2 aromatic carbocycles. The zero-order valence-electron chi connectivity index (χ0n) is 15.5. The van der Waals surface area contributed by atoms with Gasteiger partial charge in [0.25, 0.3) is 0 Å². The molecule has 0 saturated carbocycles. The van der Waals surface area contributed by atoms with Crippen molar-refractivity contribution >= 4 is 17.3 Å². The highest BCUT2D eigenvalue weighted by Crippen LogP contribution is 2.18. The number of nitrogens with one attached hydrogen (secondary N) is 2. The van der Waals surface area contributed by atoms with Gasteiger partial charge < -0.3 is 24.8 Å². The number of amides is 1. The molecule has 0 heterocycles. The van der Waals surface area contributed by atoms with E-state index in [1.807, 2.05) is 62.4 Å². The van der Waals surface area contributed by atoms with Crippen molar-refractivity contribution in [1.82, 2.24) is 0 Å². The Morgan fingerprint density at radius 2 is 1.77 bits per heavy atom. The van der Waals surface area contributed by atoms with Gasteiger partial charge in [-0.15, -0.1) is 0 Å². The van der Waals surface area contributed by atoms with E-state index < -0.39 is 0 Å². The quantitative estimate of drug-likeness (QED) is 0.636. The summed E-state index contributed by atoms with van der Waals surface area (Å²) in [6.45, 7) is 5.11. The molecule has 2 N–H and O–H groups in total. The van der Waals surface area contributed by atoms with E-state index in [2.05, 4.69) is 10.6 Å². The summed E-state index contributed by atoms with van der Waals surface area (Å²) < 4.78 is 16.1. The van der Waals surface area contributed by atoms with E-state index >= 15 is 0 Å². The summed E-state index contributed by atoms with van der Waals surface area (Å²) in [6.07, 6.45) is 0.119. The van der Waals surface area contributed by atoms with Crippen LogP contribution in [-0.4, -0.2) is 38.9 Å². The second-order valence-corrected chi connectivity index (χ2v) is 5.96. The first-order valence-corrected chi connectivity index (χ1v) is 8.59. The minimum atomic E-state index is -0.131. The van der Waals surface area contributed by atoms with Crippen molar-refractivity contribution in [1.29, 1.82) is 0 Å². The van der Waals surface area contributed by atoms with Crippen LogP contribution in [0.4, 0.5) is 11.4 Å². The molecule has 26 heavy (non-hydrogen) atoms. The Balaban J connectivity index is 1.80. The average Bonchev–Trinajstić information content (AvgIpc) is 2.62. The smallest absolute Gasteiger partial charge is 0.243 e. The summed E-state index contributed by atoms with van der Waals surface area (Å²) in [7, 11) is 1.63. The lowest BCUT2D eigenvalue weighted by Gasteiger charge is -2.12. The first-order chi connectivity index (χ1) is 12.6. The first-order valence-electron chi connectivity index (χ1n) is 8.59. The number of anilines is 2. The number of carbonyl (C=O) groups is 1. The van der Waals surface area contributed by atoms with Crippen molar-refractivity contribution in [3.63, 3.8) is 0 Å². The van der Waals surface area contributed by atoms with Gasteiger partial charge in [0.2, 0.25) is 5.91 Å². The summed E-state index contributed by atoms with van der Waals surface area (Å²) >= 11 is 0. The van der Waals surface area contributed by atoms with Gasteiger partial charge in [0.15, 0.2) is 0 Å². The highest BCUT2D eigenvalue weighted by molar-refractivity contribution is 5.93. The molecule has 0 radical (unpaired) electrons. The molecule has 0 aliphatic carbocycles. The fraction of sp³-hybridized carbons (Fsp3) is 0.350. The molecule has 0 aliphatic heterocycles. The van der Waals surface area contributed by atoms with Crippen LogP contribution in [-0.2, 0) is 9.53 Å². The molecule has 0 aliphatic rings. The number of methoxy groups -OCH3 is 1. The summed E-state index contributed by atoms with van der Waals surface area (Å²) in [5, 5.41) is 5.93. The van der Waals surface area contributed by atoms with Gasteiger partial charge in [-0.1, -0.05) is 6.07 Å². The van der Waals surface area contributed by atoms with Crippen LogP contribution in [0, 0.1) is 0 Å². The van der Waals surface area contributed by atoms with Crippen LogP contribution < -0.4 is 20.1 Å². The molecule has 140 valence electrons. The van der Waals surface area contributed by atoms with Crippen molar-refractivity contribution in [2.45, 2.75) is 20.0 Å². The normalized spacial score (nSPS) is 10.5. The lowest BCUT2D eigenvalue weighted by atomic mass is 10.3. The minimum Gasteiger partial charge on any atom is -0.491 e. The van der Waals surface area contributed by atoms with Crippen LogP contribution in [0.1, 0.15) is 13.8 Å². The van der Waals surface area contributed by atoms with Crippen molar-refractivity contribution in [3.8, 4) is 11.5 Å². The second kappa shape index (κ2) is 10.3. The zero-order valence-corrected chi connectivity index (χ0v) is 15.5. The maximum absolute atomic E-state index is 12.1. The summed E-state index contributed by atoms with van der Waals surface area (Å²) in [5.41, 5.74) is 1.54. The Bertz CT molecular complexity index is 686. The van der Waals surface area contributed by atoms with Crippen LogP contribution in [0.25, 0.3) is 0 Å². The molecular weight excluding hydrogens is 332 g/mol. The van der Waals surface area contributed by atoms with Crippen LogP contribution in [0.3, 0.4) is 0 Å². The predicted molar refractivity (Wildman–Crippen MR) is 103 cm³/mol. The fourth-order valence-corrected chi connectivity index (χ4v) is 2.22.